The van der Waals surface area contributed by atoms with E-state index in [0.717, 1.165) is 0 Å². The van der Waals surface area contributed by atoms with Gasteiger partial charge in [0.05, 0.1) is 12.6 Å². The Balaban J connectivity index is 2.88. The number of thiazole rings is 1. The zero-order valence-corrected chi connectivity index (χ0v) is 13.8. The highest BCUT2D eigenvalue weighted by Gasteiger charge is 2.24. The molecule has 114 valence electrons. The SMILES string of the molecule is COCC(C)N(C)C(=O)c1sc(NC(C)(C)C)nc1N. The number of nitrogens with two attached hydrogens (primary N) is 1. The Morgan fingerprint density at radius 2 is 2.15 bits per heavy atom. The van der Waals surface area contributed by atoms with Gasteiger partial charge in [-0.15, -0.1) is 0 Å². The van der Waals surface area contributed by atoms with E-state index in [9.17, 15) is 4.79 Å². The number of nitrogens with zero attached hydrogens (tertiary/aromatic N) is 2. The van der Waals surface area contributed by atoms with Crippen LogP contribution in [0.2, 0.25) is 0 Å². The third-order valence-corrected chi connectivity index (χ3v) is 3.69. The summed E-state index contributed by atoms with van der Waals surface area (Å²) >= 11 is 1.28. The second-order valence-corrected chi connectivity index (χ2v) is 6.83. The highest BCUT2D eigenvalue weighted by atomic mass is 32.1. The quantitative estimate of drug-likeness (QED) is 0.870. The molecular weight excluding hydrogens is 276 g/mol. The number of anilines is 2. The van der Waals surface area contributed by atoms with E-state index in [0.29, 0.717) is 16.6 Å². The number of carbonyl (C=O) groups excluding carboxylic acids is 1. The molecule has 1 unspecified atom stereocenters. The van der Waals surface area contributed by atoms with E-state index < -0.39 is 0 Å². The molecular formula is C13H24N4O2S. The molecule has 20 heavy (non-hydrogen) atoms. The van der Waals surface area contributed by atoms with E-state index in [4.69, 9.17) is 10.5 Å². The first-order valence-corrected chi connectivity index (χ1v) is 7.28. The van der Waals surface area contributed by atoms with Crippen molar-refractivity contribution in [3.8, 4) is 0 Å². The Morgan fingerprint density at radius 1 is 1.55 bits per heavy atom. The molecule has 0 fully saturated rings. The fourth-order valence-corrected chi connectivity index (χ4v) is 2.65. The molecule has 0 aliphatic heterocycles. The number of hydrogen-bond acceptors (Lipinski definition) is 6. The maximum Gasteiger partial charge on any atom is 0.267 e. The topological polar surface area (TPSA) is 80.5 Å². The summed E-state index contributed by atoms with van der Waals surface area (Å²) in [6.07, 6.45) is 0. The second kappa shape index (κ2) is 6.41. The number of hydrogen-bond donors (Lipinski definition) is 2. The molecule has 1 aromatic heterocycles. The van der Waals surface area contributed by atoms with Gasteiger partial charge in [0.25, 0.3) is 5.91 Å². The zero-order chi connectivity index (χ0) is 15.5. The maximum absolute atomic E-state index is 12.4. The molecule has 0 aliphatic carbocycles. The third-order valence-electron chi connectivity index (χ3n) is 2.72. The number of amides is 1. The van der Waals surface area contributed by atoms with E-state index >= 15 is 0 Å². The Labute approximate surface area is 124 Å². The van der Waals surface area contributed by atoms with Crippen LogP contribution in [-0.2, 0) is 4.74 Å². The summed E-state index contributed by atoms with van der Waals surface area (Å²) in [5.74, 6) is 0.134. The van der Waals surface area contributed by atoms with Crippen molar-refractivity contribution in [2.45, 2.75) is 39.3 Å². The van der Waals surface area contributed by atoms with Crippen molar-refractivity contribution in [2.75, 3.05) is 31.8 Å². The Bertz CT molecular complexity index is 467. The first kappa shape index (κ1) is 16.7. The predicted octanol–water partition coefficient (Wildman–Crippen LogP) is 2.04. The molecule has 6 nitrogen and oxygen atoms in total. The van der Waals surface area contributed by atoms with Gasteiger partial charge in [0.15, 0.2) is 5.13 Å². The van der Waals surface area contributed by atoms with Gasteiger partial charge in [-0.05, 0) is 27.7 Å². The highest BCUT2D eigenvalue weighted by Crippen LogP contribution is 2.28. The smallest absolute Gasteiger partial charge is 0.267 e. The summed E-state index contributed by atoms with van der Waals surface area (Å²) in [6, 6.07) is -0.0203. The van der Waals surface area contributed by atoms with Crippen LogP contribution >= 0.6 is 11.3 Å². The molecule has 1 aromatic rings. The van der Waals surface area contributed by atoms with Crippen LogP contribution in [0.4, 0.5) is 10.9 Å². The van der Waals surface area contributed by atoms with Crippen LogP contribution in [0.25, 0.3) is 0 Å². The summed E-state index contributed by atoms with van der Waals surface area (Å²) in [7, 11) is 3.35. The van der Waals surface area contributed by atoms with Gasteiger partial charge >= 0.3 is 0 Å². The van der Waals surface area contributed by atoms with Gasteiger partial charge in [0.2, 0.25) is 0 Å². The summed E-state index contributed by atoms with van der Waals surface area (Å²) < 4.78 is 5.06. The molecule has 0 radical (unpaired) electrons. The number of nitrogens with one attached hydrogen (secondary N) is 1. The van der Waals surface area contributed by atoms with Gasteiger partial charge < -0.3 is 20.7 Å². The lowest BCUT2D eigenvalue weighted by atomic mass is 10.1. The Hall–Kier alpha value is -1.34. The minimum absolute atomic E-state index is 0.0203. The van der Waals surface area contributed by atoms with Gasteiger partial charge in [-0.3, -0.25) is 4.79 Å². The molecule has 1 amide bonds. The first-order chi connectivity index (χ1) is 9.15. The van der Waals surface area contributed by atoms with Crippen molar-refractivity contribution < 1.29 is 9.53 Å². The van der Waals surface area contributed by atoms with Gasteiger partial charge in [-0.1, -0.05) is 11.3 Å². The lowest BCUT2D eigenvalue weighted by Gasteiger charge is -2.23. The van der Waals surface area contributed by atoms with E-state index in [1.54, 1.807) is 19.1 Å². The summed E-state index contributed by atoms with van der Waals surface area (Å²) in [6.45, 7) is 8.48. The van der Waals surface area contributed by atoms with Crippen molar-refractivity contribution in [3.63, 3.8) is 0 Å². The largest absolute Gasteiger partial charge is 0.383 e. The molecule has 1 heterocycles. The van der Waals surface area contributed by atoms with Crippen molar-refractivity contribution in [1.29, 1.82) is 0 Å². The molecule has 1 atom stereocenters. The van der Waals surface area contributed by atoms with E-state index in [1.807, 2.05) is 27.7 Å². The number of aromatic nitrogens is 1. The van der Waals surface area contributed by atoms with Gasteiger partial charge in [0.1, 0.15) is 10.7 Å². The van der Waals surface area contributed by atoms with Crippen molar-refractivity contribution in [3.05, 3.63) is 4.88 Å². The molecule has 0 aliphatic rings. The number of nitrogen functional groups attached to an aromatic ring is 1. The maximum atomic E-state index is 12.4. The fourth-order valence-electron chi connectivity index (χ4n) is 1.57. The number of likely N-dealkylation sites (N-methyl/N-ethyl adjacent to an activating group) is 1. The number of methoxy groups -OCH3 is 1. The number of rotatable bonds is 5. The molecule has 0 spiro atoms. The fraction of sp³-hybridized carbons (Fsp3) is 0.692. The molecule has 3 N–H and O–H groups in total. The molecule has 0 bridgehead atoms. The third kappa shape index (κ3) is 4.35. The summed E-state index contributed by atoms with van der Waals surface area (Å²) in [5.41, 5.74) is 5.73. The van der Waals surface area contributed by atoms with Gasteiger partial charge in [-0.2, -0.15) is 0 Å². The minimum Gasteiger partial charge on any atom is -0.383 e. The van der Waals surface area contributed by atoms with Crippen LogP contribution in [0, 0.1) is 0 Å². The summed E-state index contributed by atoms with van der Waals surface area (Å²) in [4.78, 5) is 18.7. The monoisotopic (exact) mass is 300 g/mol. The van der Waals surface area contributed by atoms with Crippen LogP contribution in [0.3, 0.4) is 0 Å². The molecule has 1 rings (SSSR count). The Kier molecular flexibility index (Phi) is 5.35. The van der Waals surface area contributed by atoms with Crippen LogP contribution in [0.5, 0.6) is 0 Å². The van der Waals surface area contributed by atoms with Crippen molar-refractivity contribution in [2.24, 2.45) is 0 Å². The molecule has 0 aromatic carbocycles. The van der Waals surface area contributed by atoms with Crippen LogP contribution < -0.4 is 11.1 Å². The predicted molar refractivity (Wildman–Crippen MR) is 83.3 cm³/mol. The van der Waals surface area contributed by atoms with Crippen molar-refractivity contribution >= 4 is 28.2 Å². The zero-order valence-electron chi connectivity index (χ0n) is 13.0. The average molecular weight is 300 g/mol. The highest BCUT2D eigenvalue weighted by molar-refractivity contribution is 7.18. The van der Waals surface area contributed by atoms with E-state index in [-0.39, 0.29) is 23.3 Å². The van der Waals surface area contributed by atoms with Crippen LogP contribution in [0.15, 0.2) is 0 Å². The lowest BCUT2D eigenvalue weighted by Crippen LogP contribution is -2.37. The van der Waals surface area contributed by atoms with Gasteiger partial charge in [0, 0.05) is 19.7 Å². The number of carbonyl (C=O) groups is 1. The van der Waals surface area contributed by atoms with E-state index in [2.05, 4.69) is 10.3 Å². The van der Waals surface area contributed by atoms with Crippen molar-refractivity contribution in [1.82, 2.24) is 9.88 Å². The molecule has 0 saturated carbocycles. The van der Waals surface area contributed by atoms with Crippen LogP contribution in [0.1, 0.15) is 37.4 Å². The minimum atomic E-state index is -0.133. The van der Waals surface area contributed by atoms with Gasteiger partial charge in [-0.25, -0.2) is 4.98 Å². The van der Waals surface area contributed by atoms with Crippen LogP contribution in [-0.4, -0.2) is 48.1 Å². The number of ether oxygens (including phenoxy) is 1. The normalized spacial score (nSPS) is 13.1. The lowest BCUT2D eigenvalue weighted by molar-refractivity contribution is 0.0639. The molecule has 7 heteroatoms. The second-order valence-electron chi connectivity index (χ2n) is 5.83. The first-order valence-electron chi connectivity index (χ1n) is 6.46. The standard InChI is InChI=1S/C13H24N4O2S/c1-8(7-19-6)17(5)11(18)9-10(14)15-12(20-9)16-13(2,3)4/h8H,7,14H2,1-6H3,(H,15,16). The average Bonchev–Trinajstić information content (AvgIpc) is 2.66. The Morgan fingerprint density at radius 3 is 2.65 bits per heavy atom. The van der Waals surface area contributed by atoms with E-state index in [1.165, 1.54) is 11.3 Å². The summed E-state index contributed by atoms with van der Waals surface area (Å²) in [5, 5.41) is 3.88. The molecule has 0 saturated heterocycles.